The number of primary amides is 1. The maximum atomic E-state index is 10.5. The summed E-state index contributed by atoms with van der Waals surface area (Å²) < 4.78 is 0. The molecule has 3 N–H and O–H groups in total. The van der Waals surface area contributed by atoms with E-state index in [1.165, 1.54) is 0 Å². The Balaban J connectivity index is 3.17. The number of hydrogen-bond donors (Lipinski definition) is 2. The highest BCUT2D eigenvalue weighted by Crippen LogP contribution is 2.07. The highest BCUT2D eigenvalue weighted by atomic mass is 16.2. The standard InChI is InChI=1S/C8H17NO2/c1-7(8(9)11)5-3-2-4-6-10/h7,10H,2-6H2,1H3,(H2,9,11). The third-order valence-corrected chi connectivity index (χ3v) is 1.78. The average Bonchev–Trinajstić information content (AvgIpc) is 1.97. The lowest BCUT2D eigenvalue weighted by molar-refractivity contribution is -0.121. The highest BCUT2D eigenvalue weighted by Gasteiger charge is 2.06. The molecule has 0 fully saturated rings. The second-order valence-electron chi connectivity index (χ2n) is 2.88. The first-order valence-electron chi connectivity index (χ1n) is 4.08. The van der Waals surface area contributed by atoms with E-state index in [9.17, 15) is 4.79 Å². The maximum absolute atomic E-state index is 10.5. The molecule has 0 radical (unpaired) electrons. The van der Waals surface area contributed by atoms with Crippen LogP contribution >= 0.6 is 0 Å². The Morgan fingerprint density at radius 1 is 1.45 bits per heavy atom. The van der Waals surface area contributed by atoms with Gasteiger partial charge in [0.2, 0.25) is 5.91 Å². The van der Waals surface area contributed by atoms with E-state index in [1.807, 2.05) is 6.92 Å². The minimum Gasteiger partial charge on any atom is -0.396 e. The lowest BCUT2D eigenvalue weighted by Crippen LogP contribution is -2.20. The van der Waals surface area contributed by atoms with E-state index in [1.54, 1.807) is 0 Å². The number of aliphatic hydroxyl groups excluding tert-OH is 1. The number of aliphatic hydroxyl groups is 1. The van der Waals surface area contributed by atoms with E-state index in [0.717, 1.165) is 25.7 Å². The molecule has 1 unspecified atom stereocenters. The smallest absolute Gasteiger partial charge is 0.220 e. The summed E-state index contributed by atoms with van der Waals surface area (Å²) in [5.41, 5.74) is 5.06. The Kier molecular flexibility index (Phi) is 5.84. The lowest BCUT2D eigenvalue weighted by Gasteiger charge is -2.04. The van der Waals surface area contributed by atoms with Crippen LogP contribution in [-0.4, -0.2) is 17.6 Å². The van der Waals surface area contributed by atoms with Gasteiger partial charge >= 0.3 is 0 Å². The number of carbonyl (C=O) groups excluding carboxylic acids is 1. The van der Waals surface area contributed by atoms with Crippen LogP contribution in [0.15, 0.2) is 0 Å². The fourth-order valence-electron chi connectivity index (χ4n) is 0.881. The second kappa shape index (κ2) is 6.16. The predicted molar refractivity (Wildman–Crippen MR) is 43.9 cm³/mol. The normalized spacial score (nSPS) is 12.9. The van der Waals surface area contributed by atoms with Crippen LogP contribution in [0.3, 0.4) is 0 Å². The van der Waals surface area contributed by atoms with Gasteiger partial charge in [0.25, 0.3) is 0 Å². The van der Waals surface area contributed by atoms with Crippen molar-refractivity contribution in [2.45, 2.75) is 32.6 Å². The van der Waals surface area contributed by atoms with Crippen LogP contribution in [0.25, 0.3) is 0 Å². The van der Waals surface area contributed by atoms with E-state index in [2.05, 4.69) is 0 Å². The van der Waals surface area contributed by atoms with Gasteiger partial charge in [-0.05, 0) is 12.8 Å². The first-order chi connectivity index (χ1) is 5.18. The van der Waals surface area contributed by atoms with Crippen LogP contribution in [0.2, 0.25) is 0 Å². The van der Waals surface area contributed by atoms with Crippen LogP contribution in [0.5, 0.6) is 0 Å². The van der Waals surface area contributed by atoms with Crippen molar-refractivity contribution >= 4 is 5.91 Å². The Morgan fingerprint density at radius 3 is 2.55 bits per heavy atom. The summed E-state index contributed by atoms with van der Waals surface area (Å²) in [6.45, 7) is 2.08. The molecule has 0 aliphatic rings. The molecule has 3 nitrogen and oxygen atoms in total. The maximum Gasteiger partial charge on any atom is 0.220 e. The summed E-state index contributed by atoms with van der Waals surface area (Å²) in [4.78, 5) is 10.5. The molecule has 0 aliphatic heterocycles. The Morgan fingerprint density at radius 2 is 2.09 bits per heavy atom. The molecule has 66 valence electrons. The van der Waals surface area contributed by atoms with Gasteiger partial charge in [-0.1, -0.05) is 19.8 Å². The van der Waals surface area contributed by atoms with E-state index in [4.69, 9.17) is 10.8 Å². The summed E-state index contributed by atoms with van der Waals surface area (Å²) >= 11 is 0. The minimum absolute atomic E-state index is 0.0197. The summed E-state index contributed by atoms with van der Waals surface area (Å²) in [5, 5.41) is 8.45. The van der Waals surface area contributed by atoms with Gasteiger partial charge < -0.3 is 10.8 Å². The number of rotatable bonds is 6. The van der Waals surface area contributed by atoms with Crippen LogP contribution < -0.4 is 5.73 Å². The van der Waals surface area contributed by atoms with Crippen LogP contribution in [0, 0.1) is 5.92 Å². The molecule has 0 aromatic carbocycles. The molecule has 3 heteroatoms. The lowest BCUT2D eigenvalue weighted by atomic mass is 10.0. The highest BCUT2D eigenvalue weighted by molar-refractivity contribution is 5.76. The predicted octanol–water partition coefficient (Wildman–Crippen LogP) is 0.661. The van der Waals surface area contributed by atoms with Gasteiger partial charge in [0, 0.05) is 12.5 Å². The molecule has 0 heterocycles. The molecule has 0 aliphatic carbocycles. The monoisotopic (exact) mass is 159 g/mol. The molecule has 0 saturated heterocycles. The van der Waals surface area contributed by atoms with E-state index >= 15 is 0 Å². The largest absolute Gasteiger partial charge is 0.396 e. The zero-order chi connectivity index (χ0) is 8.69. The Hall–Kier alpha value is -0.570. The first kappa shape index (κ1) is 10.4. The van der Waals surface area contributed by atoms with Crippen LogP contribution in [0.4, 0.5) is 0 Å². The topological polar surface area (TPSA) is 63.3 Å². The summed E-state index contributed by atoms with van der Waals surface area (Å²) in [5.74, 6) is -0.248. The van der Waals surface area contributed by atoms with E-state index in [0.29, 0.717) is 0 Å². The zero-order valence-corrected chi connectivity index (χ0v) is 7.05. The van der Waals surface area contributed by atoms with Gasteiger partial charge in [0.1, 0.15) is 0 Å². The quantitative estimate of drug-likeness (QED) is 0.559. The van der Waals surface area contributed by atoms with Crippen molar-refractivity contribution in [3.63, 3.8) is 0 Å². The number of carbonyl (C=O) groups is 1. The summed E-state index contributed by atoms with van der Waals surface area (Å²) in [6.07, 6.45) is 3.62. The molecule has 0 aromatic heterocycles. The number of nitrogens with two attached hydrogens (primary N) is 1. The molecular weight excluding hydrogens is 142 g/mol. The fourth-order valence-corrected chi connectivity index (χ4v) is 0.881. The molecule has 0 rings (SSSR count). The van der Waals surface area contributed by atoms with E-state index < -0.39 is 0 Å². The molecule has 11 heavy (non-hydrogen) atoms. The average molecular weight is 159 g/mol. The van der Waals surface area contributed by atoms with Crippen molar-refractivity contribution in [3.05, 3.63) is 0 Å². The molecule has 1 amide bonds. The number of hydrogen-bond acceptors (Lipinski definition) is 2. The molecule has 0 bridgehead atoms. The number of unbranched alkanes of at least 4 members (excludes halogenated alkanes) is 2. The van der Waals surface area contributed by atoms with Crippen LogP contribution in [-0.2, 0) is 4.79 Å². The second-order valence-corrected chi connectivity index (χ2v) is 2.88. The minimum atomic E-state index is -0.228. The molecular formula is C8H17NO2. The van der Waals surface area contributed by atoms with Gasteiger partial charge in [-0.15, -0.1) is 0 Å². The molecule has 0 saturated carbocycles. The molecule has 0 aromatic rings. The summed E-state index contributed by atoms with van der Waals surface area (Å²) in [7, 11) is 0. The zero-order valence-electron chi connectivity index (χ0n) is 7.05. The molecule has 0 spiro atoms. The van der Waals surface area contributed by atoms with Crippen molar-refractivity contribution < 1.29 is 9.90 Å². The number of amides is 1. The Labute approximate surface area is 67.6 Å². The third-order valence-electron chi connectivity index (χ3n) is 1.78. The Bertz CT molecular complexity index is 115. The van der Waals surface area contributed by atoms with Crippen molar-refractivity contribution in [3.8, 4) is 0 Å². The van der Waals surface area contributed by atoms with Crippen molar-refractivity contribution in [2.24, 2.45) is 11.7 Å². The molecule has 1 atom stereocenters. The third kappa shape index (κ3) is 5.85. The SMILES string of the molecule is CC(CCCCCO)C(N)=O. The van der Waals surface area contributed by atoms with Gasteiger partial charge in [0.15, 0.2) is 0 Å². The van der Waals surface area contributed by atoms with E-state index in [-0.39, 0.29) is 18.4 Å². The van der Waals surface area contributed by atoms with Crippen LogP contribution in [0.1, 0.15) is 32.6 Å². The van der Waals surface area contributed by atoms with Gasteiger partial charge in [-0.2, -0.15) is 0 Å². The summed E-state index contributed by atoms with van der Waals surface area (Å²) in [6, 6.07) is 0. The van der Waals surface area contributed by atoms with Crippen molar-refractivity contribution in [2.75, 3.05) is 6.61 Å². The van der Waals surface area contributed by atoms with Gasteiger partial charge in [-0.3, -0.25) is 4.79 Å². The van der Waals surface area contributed by atoms with Gasteiger partial charge in [-0.25, -0.2) is 0 Å². The first-order valence-corrected chi connectivity index (χ1v) is 4.08. The van der Waals surface area contributed by atoms with Gasteiger partial charge in [0.05, 0.1) is 0 Å². The van der Waals surface area contributed by atoms with Crippen molar-refractivity contribution in [1.29, 1.82) is 0 Å². The van der Waals surface area contributed by atoms with Crippen molar-refractivity contribution in [1.82, 2.24) is 0 Å². The fraction of sp³-hybridized carbons (Fsp3) is 0.875.